The molecular weight excluding hydrogens is 308 g/mol. The van der Waals surface area contributed by atoms with E-state index in [1.165, 1.54) is 11.1 Å². The Kier molecular flexibility index (Phi) is 5.16. The fourth-order valence-corrected chi connectivity index (χ4v) is 3.78. The summed E-state index contributed by atoms with van der Waals surface area (Å²) in [6.07, 6.45) is 1.98. The number of carboxylic acids is 1. The highest BCUT2D eigenvalue weighted by Gasteiger charge is 2.35. The topological polar surface area (TPSA) is 78.9 Å². The van der Waals surface area contributed by atoms with E-state index in [0.29, 0.717) is 39.1 Å². The van der Waals surface area contributed by atoms with E-state index in [2.05, 4.69) is 17.4 Å². The number of rotatable bonds is 4. The van der Waals surface area contributed by atoms with Gasteiger partial charge in [-0.15, -0.1) is 0 Å². The predicted octanol–water partition coefficient (Wildman–Crippen LogP) is 1.17. The van der Waals surface area contributed by atoms with Crippen LogP contribution in [-0.4, -0.2) is 48.1 Å². The standard InChI is InChI=1S/C18H24N2O4/c1-19-17(21)13-5-6-16(18(22)23)20(10-13)9-12-3-2-4-14-11-24-8-7-15(12)14/h2-4,13,16H,5-11H2,1H3,(H,19,21)(H,22,23)/t13-,16-/m0/s1. The minimum absolute atomic E-state index is 0.00710. The molecule has 24 heavy (non-hydrogen) atoms. The Morgan fingerprint density at radius 3 is 2.96 bits per heavy atom. The number of carbonyl (C=O) groups is 2. The normalized spacial score (nSPS) is 24.2. The van der Waals surface area contributed by atoms with Gasteiger partial charge in [-0.2, -0.15) is 0 Å². The van der Waals surface area contributed by atoms with Crippen molar-refractivity contribution in [1.29, 1.82) is 0 Å². The molecule has 0 aromatic heterocycles. The maximum atomic E-state index is 12.0. The second-order valence-corrected chi connectivity index (χ2v) is 6.53. The molecule has 3 rings (SSSR count). The number of carboxylic acid groups (broad SMARTS) is 1. The monoisotopic (exact) mass is 332 g/mol. The maximum absolute atomic E-state index is 12.0. The van der Waals surface area contributed by atoms with Crippen molar-refractivity contribution in [3.8, 4) is 0 Å². The molecule has 6 heteroatoms. The number of fused-ring (bicyclic) bond motifs is 1. The van der Waals surface area contributed by atoms with Gasteiger partial charge in [-0.3, -0.25) is 14.5 Å². The molecule has 0 bridgehead atoms. The van der Waals surface area contributed by atoms with Crippen molar-refractivity contribution < 1.29 is 19.4 Å². The first kappa shape index (κ1) is 16.9. The molecule has 0 spiro atoms. The van der Waals surface area contributed by atoms with Gasteiger partial charge in [0.25, 0.3) is 0 Å². The molecule has 0 radical (unpaired) electrons. The Labute approximate surface area is 141 Å². The first-order valence-corrected chi connectivity index (χ1v) is 8.46. The summed E-state index contributed by atoms with van der Waals surface area (Å²) in [6.45, 7) is 2.37. The Morgan fingerprint density at radius 2 is 2.21 bits per heavy atom. The number of likely N-dealkylation sites (tertiary alicyclic amines) is 1. The molecule has 2 aliphatic rings. The molecule has 0 unspecified atom stereocenters. The van der Waals surface area contributed by atoms with Crippen molar-refractivity contribution in [3.63, 3.8) is 0 Å². The van der Waals surface area contributed by atoms with Crippen LogP contribution in [0, 0.1) is 5.92 Å². The number of hydrogen-bond donors (Lipinski definition) is 2. The van der Waals surface area contributed by atoms with Gasteiger partial charge in [0.2, 0.25) is 5.91 Å². The summed E-state index contributed by atoms with van der Waals surface area (Å²) < 4.78 is 5.50. The summed E-state index contributed by atoms with van der Waals surface area (Å²) in [5.41, 5.74) is 3.61. The van der Waals surface area contributed by atoms with E-state index < -0.39 is 12.0 Å². The van der Waals surface area contributed by atoms with Gasteiger partial charge < -0.3 is 15.2 Å². The van der Waals surface area contributed by atoms with Crippen molar-refractivity contribution in [2.24, 2.45) is 5.92 Å². The number of carbonyl (C=O) groups excluding carboxylic acids is 1. The quantitative estimate of drug-likeness (QED) is 0.865. The first-order valence-electron chi connectivity index (χ1n) is 8.46. The molecule has 1 fully saturated rings. The Morgan fingerprint density at radius 1 is 1.38 bits per heavy atom. The van der Waals surface area contributed by atoms with E-state index in [1.54, 1.807) is 7.05 Å². The van der Waals surface area contributed by atoms with Crippen LogP contribution in [0.5, 0.6) is 0 Å². The highest BCUT2D eigenvalue weighted by molar-refractivity contribution is 5.79. The summed E-state index contributed by atoms with van der Waals surface area (Å²) >= 11 is 0. The Hall–Kier alpha value is -1.92. The summed E-state index contributed by atoms with van der Waals surface area (Å²) in [6, 6.07) is 5.60. The van der Waals surface area contributed by atoms with E-state index in [4.69, 9.17) is 4.74 Å². The van der Waals surface area contributed by atoms with Gasteiger partial charge in [0.1, 0.15) is 6.04 Å². The minimum Gasteiger partial charge on any atom is -0.480 e. The average Bonchev–Trinajstić information content (AvgIpc) is 2.61. The predicted molar refractivity (Wildman–Crippen MR) is 88.4 cm³/mol. The zero-order valence-corrected chi connectivity index (χ0v) is 14.0. The molecule has 1 saturated heterocycles. The molecule has 1 aromatic rings. The second kappa shape index (κ2) is 7.32. The molecule has 1 aromatic carbocycles. The van der Waals surface area contributed by atoms with E-state index in [9.17, 15) is 14.7 Å². The number of nitrogens with zero attached hydrogens (tertiary/aromatic N) is 1. The number of ether oxygens (including phenoxy) is 1. The molecule has 6 nitrogen and oxygen atoms in total. The van der Waals surface area contributed by atoms with E-state index in [0.717, 1.165) is 12.0 Å². The molecule has 2 N–H and O–H groups in total. The van der Waals surface area contributed by atoms with Gasteiger partial charge in [-0.25, -0.2) is 0 Å². The molecule has 0 saturated carbocycles. The largest absolute Gasteiger partial charge is 0.480 e. The van der Waals surface area contributed by atoms with E-state index >= 15 is 0 Å². The van der Waals surface area contributed by atoms with Crippen LogP contribution >= 0.6 is 0 Å². The number of amides is 1. The summed E-state index contributed by atoms with van der Waals surface area (Å²) in [7, 11) is 1.63. The fourth-order valence-electron chi connectivity index (χ4n) is 3.78. The summed E-state index contributed by atoms with van der Waals surface area (Å²) in [5.74, 6) is -0.959. The average molecular weight is 332 g/mol. The van der Waals surface area contributed by atoms with E-state index in [1.807, 2.05) is 11.0 Å². The first-order chi connectivity index (χ1) is 11.6. The lowest BCUT2D eigenvalue weighted by Gasteiger charge is -2.37. The number of hydrogen-bond acceptors (Lipinski definition) is 4. The van der Waals surface area contributed by atoms with Gasteiger partial charge in [0.05, 0.1) is 19.1 Å². The van der Waals surface area contributed by atoms with Crippen LogP contribution in [0.4, 0.5) is 0 Å². The molecule has 2 aliphatic heterocycles. The third kappa shape index (κ3) is 3.44. The molecular formula is C18H24N2O4. The van der Waals surface area contributed by atoms with Crippen LogP contribution in [0.1, 0.15) is 29.5 Å². The molecule has 2 atom stereocenters. The zero-order chi connectivity index (χ0) is 17.1. The van der Waals surface area contributed by atoms with Crippen LogP contribution in [0.3, 0.4) is 0 Å². The smallest absolute Gasteiger partial charge is 0.320 e. The highest BCUT2D eigenvalue weighted by Crippen LogP contribution is 2.27. The molecule has 0 aliphatic carbocycles. The fraction of sp³-hybridized carbons (Fsp3) is 0.556. The number of piperidine rings is 1. The number of benzene rings is 1. The van der Waals surface area contributed by atoms with Crippen molar-refractivity contribution in [3.05, 3.63) is 34.9 Å². The zero-order valence-electron chi connectivity index (χ0n) is 14.0. The summed E-state index contributed by atoms with van der Waals surface area (Å²) in [5, 5.41) is 12.2. The minimum atomic E-state index is -0.807. The van der Waals surface area contributed by atoms with Crippen LogP contribution in [-0.2, 0) is 33.9 Å². The van der Waals surface area contributed by atoms with Crippen molar-refractivity contribution in [2.75, 3.05) is 20.2 Å². The highest BCUT2D eigenvalue weighted by atomic mass is 16.5. The third-order valence-corrected chi connectivity index (χ3v) is 5.08. The SMILES string of the molecule is CNC(=O)[C@H]1CC[C@@H](C(=O)O)N(Cc2cccc3c2CCOC3)C1. The summed E-state index contributed by atoms with van der Waals surface area (Å²) in [4.78, 5) is 25.5. The third-order valence-electron chi connectivity index (χ3n) is 5.08. The molecule has 130 valence electrons. The lowest BCUT2D eigenvalue weighted by atomic mass is 9.90. The van der Waals surface area contributed by atoms with Gasteiger partial charge >= 0.3 is 5.97 Å². The molecule has 1 amide bonds. The van der Waals surface area contributed by atoms with Crippen LogP contribution < -0.4 is 5.32 Å². The van der Waals surface area contributed by atoms with Gasteiger partial charge in [0.15, 0.2) is 0 Å². The van der Waals surface area contributed by atoms with Crippen molar-refractivity contribution >= 4 is 11.9 Å². The van der Waals surface area contributed by atoms with E-state index in [-0.39, 0.29) is 11.8 Å². The van der Waals surface area contributed by atoms with Crippen molar-refractivity contribution in [2.45, 2.75) is 38.5 Å². The lowest BCUT2D eigenvalue weighted by molar-refractivity contribution is -0.147. The second-order valence-electron chi connectivity index (χ2n) is 6.53. The molecule has 2 heterocycles. The maximum Gasteiger partial charge on any atom is 0.320 e. The number of nitrogens with one attached hydrogen (secondary N) is 1. The van der Waals surface area contributed by atoms with Gasteiger partial charge in [0, 0.05) is 20.1 Å². The Bertz CT molecular complexity index is 631. The van der Waals surface area contributed by atoms with Crippen molar-refractivity contribution in [1.82, 2.24) is 10.2 Å². The van der Waals surface area contributed by atoms with Gasteiger partial charge in [-0.1, -0.05) is 18.2 Å². The lowest BCUT2D eigenvalue weighted by Crippen LogP contribution is -2.50. The van der Waals surface area contributed by atoms with Crippen LogP contribution in [0.2, 0.25) is 0 Å². The van der Waals surface area contributed by atoms with Gasteiger partial charge in [-0.05, 0) is 36.0 Å². The Balaban J connectivity index is 1.82. The van der Waals surface area contributed by atoms with Crippen LogP contribution in [0.15, 0.2) is 18.2 Å². The van der Waals surface area contributed by atoms with Crippen LogP contribution in [0.25, 0.3) is 0 Å². The number of aliphatic carboxylic acids is 1.